The number of hydrogen-bond acceptors (Lipinski definition) is 2. The fourth-order valence-corrected chi connectivity index (χ4v) is 2.34. The number of H-pyrrole nitrogens is 1. The predicted octanol–water partition coefficient (Wildman–Crippen LogP) is 1.09. The van der Waals surface area contributed by atoms with Gasteiger partial charge in [-0.05, 0) is 43.5 Å². The number of nitrogens with one attached hydrogen (secondary N) is 2. The first-order chi connectivity index (χ1) is 6.92. The molecule has 14 heavy (non-hydrogen) atoms. The number of hydrogen-bond donors (Lipinski definition) is 3. The molecule has 1 fully saturated rings. The summed E-state index contributed by atoms with van der Waals surface area (Å²) in [5, 5.41) is 12.8. The van der Waals surface area contributed by atoms with Gasteiger partial charge in [0.2, 0.25) is 0 Å². The molecule has 1 atom stereocenters. The minimum absolute atomic E-state index is 0.266. The van der Waals surface area contributed by atoms with E-state index in [9.17, 15) is 5.11 Å². The van der Waals surface area contributed by atoms with Crippen LogP contribution in [0, 0.1) is 5.92 Å². The Morgan fingerprint density at radius 3 is 2.79 bits per heavy atom. The normalized spacial score (nSPS) is 20.9. The van der Waals surface area contributed by atoms with Gasteiger partial charge in [0.25, 0.3) is 0 Å². The number of aliphatic hydroxyl groups is 1. The van der Waals surface area contributed by atoms with Gasteiger partial charge in [0.1, 0.15) is 0 Å². The molecule has 3 nitrogen and oxygen atoms in total. The highest BCUT2D eigenvalue weighted by molar-refractivity contribution is 5.16. The van der Waals surface area contributed by atoms with Crippen molar-refractivity contribution in [3.05, 3.63) is 24.0 Å². The summed E-state index contributed by atoms with van der Waals surface area (Å²) in [6.45, 7) is 2.44. The molecule has 0 radical (unpaired) electrons. The first-order valence-corrected chi connectivity index (χ1v) is 5.36. The Kier molecular flexibility index (Phi) is 3.22. The molecule has 1 aromatic heterocycles. The summed E-state index contributed by atoms with van der Waals surface area (Å²) < 4.78 is 0. The van der Waals surface area contributed by atoms with Gasteiger partial charge in [-0.1, -0.05) is 0 Å². The van der Waals surface area contributed by atoms with E-state index in [1.54, 1.807) is 0 Å². The predicted molar refractivity (Wildman–Crippen MR) is 56.2 cm³/mol. The quantitative estimate of drug-likeness (QED) is 0.674. The van der Waals surface area contributed by atoms with Crippen LogP contribution in [0.2, 0.25) is 0 Å². The van der Waals surface area contributed by atoms with Gasteiger partial charge >= 0.3 is 0 Å². The van der Waals surface area contributed by atoms with Crippen LogP contribution in [0.25, 0.3) is 0 Å². The van der Waals surface area contributed by atoms with Crippen molar-refractivity contribution >= 4 is 0 Å². The van der Waals surface area contributed by atoms with Crippen molar-refractivity contribution in [3.63, 3.8) is 0 Å². The lowest BCUT2D eigenvalue weighted by Gasteiger charge is -2.29. The molecule has 1 unspecified atom stereocenters. The van der Waals surface area contributed by atoms with Gasteiger partial charge < -0.3 is 15.4 Å². The lowest BCUT2D eigenvalue weighted by atomic mass is 9.82. The summed E-state index contributed by atoms with van der Waals surface area (Å²) >= 11 is 0. The van der Waals surface area contributed by atoms with Crippen LogP contribution in [0.1, 0.15) is 24.3 Å². The average molecular weight is 194 g/mol. The molecular formula is C11H18N2O. The van der Waals surface area contributed by atoms with Gasteiger partial charge in [0.15, 0.2) is 0 Å². The lowest BCUT2D eigenvalue weighted by Crippen LogP contribution is -2.31. The molecule has 1 aliphatic heterocycles. The molecule has 0 aliphatic carbocycles. The molecule has 3 N–H and O–H groups in total. The van der Waals surface area contributed by atoms with Gasteiger partial charge in [-0.3, -0.25) is 0 Å². The van der Waals surface area contributed by atoms with Crippen molar-refractivity contribution in [3.8, 4) is 0 Å². The van der Waals surface area contributed by atoms with Crippen LogP contribution in [0.15, 0.2) is 18.5 Å². The fourth-order valence-electron chi connectivity index (χ4n) is 2.34. The van der Waals surface area contributed by atoms with Gasteiger partial charge in [-0.15, -0.1) is 0 Å². The molecule has 1 saturated heterocycles. The van der Waals surface area contributed by atoms with Crippen molar-refractivity contribution in [2.24, 2.45) is 5.92 Å². The zero-order valence-corrected chi connectivity index (χ0v) is 8.37. The molecule has 0 bridgehead atoms. The second-order valence-corrected chi connectivity index (χ2v) is 4.02. The first kappa shape index (κ1) is 9.74. The topological polar surface area (TPSA) is 48.0 Å². The minimum atomic E-state index is 0.266. The van der Waals surface area contributed by atoms with E-state index in [0.29, 0.717) is 11.8 Å². The number of aliphatic hydroxyl groups excluding tert-OH is 1. The molecule has 2 heterocycles. The molecule has 0 amide bonds. The SMILES string of the molecule is OCC(c1cc[nH]c1)C1CCNCC1. The zero-order chi connectivity index (χ0) is 9.80. The van der Waals surface area contributed by atoms with E-state index in [1.165, 1.54) is 18.4 Å². The molecule has 0 saturated carbocycles. The Bertz CT molecular complexity index is 252. The molecule has 1 aromatic rings. The highest BCUT2D eigenvalue weighted by Gasteiger charge is 2.24. The average Bonchev–Trinajstić information content (AvgIpc) is 2.74. The van der Waals surface area contributed by atoms with Crippen LogP contribution in [0.5, 0.6) is 0 Å². The lowest BCUT2D eigenvalue weighted by molar-refractivity contribution is 0.201. The van der Waals surface area contributed by atoms with Gasteiger partial charge in [-0.25, -0.2) is 0 Å². The maximum atomic E-state index is 9.42. The van der Waals surface area contributed by atoms with Gasteiger partial charge in [-0.2, -0.15) is 0 Å². The van der Waals surface area contributed by atoms with Crippen molar-refractivity contribution in [1.82, 2.24) is 10.3 Å². The number of rotatable bonds is 3. The Labute approximate surface area is 84.5 Å². The van der Waals surface area contributed by atoms with Crippen LogP contribution < -0.4 is 5.32 Å². The van der Waals surface area contributed by atoms with Crippen LogP contribution in [-0.2, 0) is 0 Å². The molecule has 2 rings (SSSR count). The number of piperidine rings is 1. The summed E-state index contributed by atoms with van der Waals surface area (Å²) in [5.41, 5.74) is 1.25. The Morgan fingerprint density at radius 1 is 1.43 bits per heavy atom. The maximum Gasteiger partial charge on any atom is 0.0502 e. The van der Waals surface area contributed by atoms with E-state index in [0.717, 1.165) is 13.1 Å². The van der Waals surface area contributed by atoms with Crippen molar-refractivity contribution in [2.75, 3.05) is 19.7 Å². The molecule has 1 aliphatic rings. The zero-order valence-electron chi connectivity index (χ0n) is 8.37. The Morgan fingerprint density at radius 2 is 2.21 bits per heavy atom. The Balaban J connectivity index is 2.04. The van der Waals surface area contributed by atoms with Crippen LogP contribution in [0.3, 0.4) is 0 Å². The van der Waals surface area contributed by atoms with Crippen LogP contribution in [0.4, 0.5) is 0 Å². The van der Waals surface area contributed by atoms with E-state index in [-0.39, 0.29) is 6.61 Å². The summed E-state index contributed by atoms with van der Waals surface area (Å²) in [5.74, 6) is 0.959. The van der Waals surface area contributed by atoms with Crippen LogP contribution in [-0.4, -0.2) is 29.8 Å². The van der Waals surface area contributed by atoms with Crippen LogP contribution >= 0.6 is 0 Å². The summed E-state index contributed by atoms with van der Waals surface area (Å²) in [6, 6.07) is 2.07. The second kappa shape index (κ2) is 4.62. The minimum Gasteiger partial charge on any atom is -0.396 e. The van der Waals surface area contributed by atoms with Gasteiger partial charge in [0.05, 0.1) is 6.61 Å². The van der Waals surface area contributed by atoms with Crippen molar-refractivity contribution in [2.45, 2.75) is 18.8 Å². The standard InChI is InChI=1S/C11H18N2O/c14-8-11(10-3-6-13-7-10)9-1-4-12-5-2-9/h3,6-7,9,11-14H,1-2,4-5,8H2. The molecule has 0 spiro atoms. The molecule has 0 aromatic carbocycles. The largest absolute Gasteiger partial charge is 0.396 e. The third-order valence-electron chi connectivity index (χ3n) is 3.20. The molecule has 78 valence electrons. The van der Waals surface area contributed by atoms with Gasteiger partial charge in [0, 0.05) is 18.3 Å². The number of aromatic nitrogens is 1. The monoisotopic (exact) mass is 194 g/mol. The summed E-state index contributed by atoms with van der Waals surface area (Å²) in [4.78, 5) is 3.06. The van der Waals surface area contributed by atoms with E-state index < -0.39 is 0 Å². The number of aromatic amines is 1. The summed E-state index contributed by atoms with van der Waals surface area (Å²) in [6.07, 6.45) is 6.29. The van der Waals surface area contributed by atoms with Crippen molar-refractivity contribution < 1.29 is 5.11 Å². The first-order valence-electron chi connectivity index (χ1n) is 5.36. The summed E-state index contributed by atoms with van der Waals surface area (Å²) in [7, 11) is 0. The van der Waals surface area contributed by atoms with E-state index in [4.69, 9.17) is 0 Å². The van der Waals surface area contributed by atoms with Crippen molar-refractivity contribution in [1.29, 1.82) is 0 Å². The fraction of sp³-hybridized carbons (Fsp3) is 0.636. The molecule has 3 heteroatoms. The second-order valence-electron chi connectivity index (χ2n) is 4.02. The van der Waals surface area contributed by atoms with E-state index in [1.807, 2.05) is 12.4 Å². The van der Waals surface area contributed by atoms with E-state index >= 15 is 0 Å². The van der Waals surface area contributed by atoms with E-state index in [2.05, 4.69) is 16.4 Å². The smallest absolute Gasteiger partial charge is 0.0502 e. The Hall–Kier alpha value is -0.800. The molecular weight excluding hydrogens is 176 g/mol. The third-order valence-corrected chi connectivity index (χ3v) is 3.20. The highest BCUT2D eigenvalue weighted by Crippen LogP contribution is 2.30. The highest BCUT2D eigenvalue weighted by atomic mass is 16.3. The maximum absolute atomic E-state index is 9.42. The third kappa shape index (κ3) is 1.99.